The lowest BCUT2D eigenvalue weighted by Crippen LogP contribution is -2.35. The largest absolute Gasteiger partial charge is 0.397 e. The predicted molar refractivity (Wildman–Crippen MR) is 67.6 cm³/mol. The van der Waals surface area contributed by atoms with E-state index in [-0.39, 0.29) is 0 Å². The number of aliphatic hydroxyl groups is 1. The Morgan fingerprint density at radius 3 is 2.62 bits per heavy atom. The van der Waals surface area contributed by atoms with Gasteiger partial charge in [-0.05, 0) is 43.4 Å². The fourth-order valence-corrected chi connectivity index (χ4v) is 2.32. The summed E-state index contributed by atoms with van der Waals surface area (Å²) in [5.41, 5.74) is 9.23. The lowest BCUT2D eigenvalue weighted by atomic mass is 9.97. The first-order valence-corrected chi connectivity index (χ1v) is 5.92. The van der Waals surface area contributed by atoms with Crippen LogP contribution in [0.15, 0.2) is 18.2 Å². The minimum absolute atomic E-state index is 0.317. The molecule has 0 spiro atoms. The summed E-state index contributed by atoms with van der Waals surface area (Å²) in [6.07, 6.45) is 2.12. The van der Waals surface area contributed by atoms with Gasteiger partial charge in [-0.25, -0.2) is 0 Å². The molecular formula is C13H20N2O. The summed E-state index contributed by atoms with van der Waals surface area (Å²) in [5, 5.41) is 9.10. The van der Waals surface area contributed by atoms with Gasteiger partial charge in [0.25, 0.3) is 0 Å². The number of anilines is 2. The average molecular weight is 220 g/mol. The highest BCUT2D eigenvalue weighted by Gasteiger charge is 2.19. The Kier molecular flexibility index (Phi) is 3.34. The van der Waals surface area contributed by atoms with Crippen molar-refractivity contribution in [2.45, 2.75) is 19.8 Å². The zero-order valence-electron chi connectivity index (χ0n) is 9.82. The van der Waals surface area contributed by atoms with Crippen molar-refractivity contribution in [3.8, 4) is 0 Å². The van der Waals surface area contributed by atoms with Crippen LogP contribution in [-0.2, 0) is 0 Å². The van der Waals surface area contributed by atoms with Crippen LogP contribution in [0.25, 0.3) is 0 Å². The summed E-state index contributed by atoms with van der Waals surface area (Å²) in [6, 6.07) is 6.22. The van der Waals surface area contributed by atoms with Gasteiger partial charge in [-0.2, -0.15) is 0 Å². The normalized spacial score (nSPS) is 17.8. The molecule has 0 aromatic heterocycles. The molecule has 0 bridgehead atoms. The Morgan fingerprint density at radius 1 is 1.38 bits per heavy atom. The highest BCUT2D eigenvalue weighted by molar-refractivity contribution is 5.68. The molecule has 2 rings (SSSR count). The second-order valence-corrected chi connectivity index (χ2v) is 4.68. The molecule has 1 heterocycles. The second kappa shape index (κ2) is 4.74. The molecule has 1 aliphatic rings. The van der Waals surface area contributed by atoms with Crippen LogP contribution in [0.3, 0.4) is 0 Å². The van der Waals surface area contributed by atoms with E-state index in [4.69, 9.17) is 10.8 Å². The smallest absolute Gasteiger partial charge is 0.0600 e. The van der Waals surface area contributed by atoms with Gasteiger partial charge in [0.1, 0.15) is 0 Å². The molecule has 1 saturated heterocycles. The van der Waals surface area contributed by atoms with Crippen molar-refractivity contribution in [2.24, 2.45) is 5.92 Å². The number of nitrogens with zero attached hydrogens (tertiary/aromatic N) is 1. The summed E-state index contributed by atoms with van der Waals surface area (Å²) in [5.74, 6) is 0.475. The van der Waals surface area contributed by atoms with Gasteiger partial charge in [0.05, 0.1) is 11.4 Å². The molecule has 3 heteroatoms. The molecule has 0 radical (unpaired) electrons. The molecule has 0 saturated carbocycles. The maximum atomic E-state index is 9.10. The molecule has 0 unspecified atom stereocenters. The average Bonchev–Trinajstić information content (AvgIpc) is 2.29. The summed E-state index contributed by atoms with van der Waals surface area (Å²) >= 11 is 0. The number of nitrogen functional groups attached to an aromatic ring is 1. The van der Waals surface area contributed by atoms with Crippen LogP contribution < -0.4 is 10.6 Å². The minimum atomic E-state index is 0.317. The molecule has 3 nitrogen and oxygen atoms in total. The standard InChI is InChI=1S/C13H20N2O/c1-10-2-3-13(12(14)8-10)15-6-4-11(9-16)5-7-15/h2-3,8,11,16H,4-7,9,14H2,1H3. The lowest BCUT2D eigenvalue weighted by molar-refractivity contribution is 0.203. The number of benzene rings is 1. The van der Waals surface area contributed by atoms with Crippen LogP contribution in [0.4, 0.5) is 11.4 Å². The zero-order valence-corrected chi connectivity index (χ0v) is 9.82. The van der Waals surface area contributed by atoms with E-state index >= 15 is 0 Å². The number of aryl methyl sites for hydroxylation is 1. The Bertz CT molecular complexity index is 357. The molecule has 1 aliphatic heterocycles. The van der Waals surface area contributed by atoms with E-state index < -0.39 is 0 Å². The van der Waals surface area contributed by atoms with Crippen molar-refractivity contribution in [3.05, 3.63) is 23.8 Å². The van der Waals surface area contributed by atoms with Gasteiger partial charge in [-0.3, -0.25) is 0 Å². The topological polar surface area (TPSA) is 49.5 Å². The Labute approximate surface area is 96.9 Å². The summed E-state index contributed by atoms with van der Waals surface area (Å²) in [6.45, 7) is 4.37. The quantitative estimate of drug-likeness (QED) is 0.747. The summed E-state index contributed by atoms with van der Waals surface area (Å²) in [7, 11) is 0. The van der Waals surface area contributed by atoms with E-state index in [2.05, 4.69) is 24.0 Å². The number of hydrogen-bond donors (Lipinski definition) is 2. The molecule has 88 valence electrons. The van der Waals surface area contributed by atoms with Gasteiger partial charge in [-0.15, -0.1) is 0 Å². The fourth-order valence-electron chi connectivity index (χ4n) is 2.32. The van der Waals surface area contributed by atoms with E-state index in [1.54, 1.807) is 0 Å². The van der Waals surface area contributed by atoms with Crippen molar-refractivity contribution < 1.29 is 5.11 Å². The number of nitrogens with two attached hydrogens (primary N) is 1. The van der Waals surface area contributed by atoms with Crippen LogP contribution in [0.5, 0.6) is 0 Å². The molecule has 1 aromatic carbocycles. The first kappa shape index (κ1) is 11.3. The monoisotopic (exact) mass is 220 g/mol. The molecular weight excluding hydrogens is 200 g/mol. The number of piperidine rings is 1. The highest BCUT2D eigenvalue weighted by Crippen LogP contribution is 2.28. The van der Waals surface area contributed by atoms with Crippen molar-refractivity contribution in [3.63, 3.8) is 0 Å². The SMILES string of the molecule is Cc1ccc(N2CCC(CO)CC2)c(N)c1. The third-order valence-corrected chi connectivity index (χ3v) is 3.40. The van der Waals surface area contributed by atoms with Gasteiger partial charge in [-0.1, -0.05) is 6.07 Å². The first-order valence-electron chi connectivity index (χ1n) is 5.92. The van der Waals surface area contributed by atoms with Crippen LogP contribution >= 0.6 is 0 Å². The second-order valence-electron chi connectivity index (χ2n) is 4.68. The van der Waals surface area contributed by atoms with Gasteiger partial charge in [0.15, 0.2) is 0 Å². The van der Waals surface area contributed by atoms with Crippen LogP contribution in [0, 0.1) is 12.8 Å². The first-order chi connectivity index (χ1) is 7.70. The molecule has 0 aliphatic carbocycles. The van der Waals surface area contributed by atoms with Crippen LogP contribution in [0.1, 0.15) is 18.4 Å². The number of rotatable bonds is 2. The summed E-state index contributed by atoms with van der Waals surface area (Å²) in [4.78, 5) is 2.32. The van der Waals surface area contributed by atoms with Crippen LogP contribution in [0.2, 0.25) is 0 Å². The zero-order chi connectivity index (χ0) is 11.5. The van der Waals surface area contributed by atoms with Gasteiger partial charge >= 0.3 is 0 Å². The van der Waals surface area contributed by atoms with Crippen molar-refractivity contribution in [1.29, 1.82) is 0 Å². The Hall–Kier alpha value is -1.22. The molecule has 16 heavy (non-hydrogen) atoms. The summed E-state index contributed by atoms with van der Waals surface area (Å²) < 4.78 is 0. The Balaban J connectivity index is 2.08. The van der Waals surface area contributed by atoms with Gasteiger partial charge in [0.2, 0.25) is 0 Å². The van der Waals surface area contributed by atoms with E-state index in [1.165, 1.54) is 5.56 Å². The molecule has 3 N–H and O–H groups in total. The molecule has 0 atom stereocenters. The molecule has 1 fully saturated rings. The van der Waals surface area contributed by atoms with Crippen molar-refractivity contribution >= 4 is 11.4 Å². The lowest BCUT2D eigenvalue weighted by Gasteiger charge is -2.33. The highest BCUT2D eigenvalue weighted by atomic mass is 16.3. The van der Waals surface area contributed by atoms with E-state index in [0.29, 0.717) is 12.5 Å². The third-order valence-electron chi connectivity index (χ3n) is 3.40. The molecule has 1 aromatic rings. The number of aliphatic hydroxyl groups excluding tert-OH is 1. The van der Waals surface area contributed by atoms with E-state index in [0.717, 1.165) is 37.3 Å². The van der Waals surface area contributed by atoms with Crippen molar-refractivity contribution in [2.75, 3.05) is 30.3 Å². The van der Waals surface area contributed by atoms with E-state index in [1.807, 2.05) is 6.07 Å². The fraction of sp³-hybridized carbons (Fsp3) is 0.538. The Morgan fingerprint density at radius 2 is 2.06 bits per heavy atom. The minimum Gasteiger partial charge on any atom is -0.397 e. The maximum absolute atomic E-state index is 9.10. The molecule has 0 amide bonds. The number of hydrogen-bond acceptors (Lipinski definition) is 3. The third kappa shape index (κ3) is 2.30. The maximum Gasteiger partial charge on any atom is 0.0600 e. The van der Waals surface area contributed by atoms with Gasteiger partial charge < -0.3 is 15.7 Å². The van der Waals surface area contributed by atoms with E-state index in [9.17, 15) is 0 Å². The van der Waals surface area contributed by atoms with Crippen LogP contribution in [-0.4, -0.2) is 24.8 Å². The van der Waals surface area contributed by atoms with Gasteiger partial charge in [0, 0.05) is 19.7 Å². The predicted octanol–water partition coefficient (Wildman–Crippen LogP) is 1.79. The van der Waals surface area contributed by atoms with Crippen molar-refractivity contribution in [1.82, 2.24) is 0 Å².